The fourth-order valence-electron chi connectivity index (χ4n) is 1.60. The van der Waals surface area contributed by atoms with E-state index in [1.54, 1.807) is 25.1 Å². The summed E-state index contributed by atoms with van der Waals surface area (Å²) < 4.78 is 18.9. The average molecular weight is 233 g/mol. The first-order chi connectivity index (χ1) is 8.11. The zero-order valence-corrected chi connectivity index (χ0v) is 9.57. The summed E-state index contributed by atoms with van der Waals surface area (Å²) in [5, 5.41) is 0. The highest BCUT2D eigenvalue weighted by Gasteiger charge is 2.12. The van der Waals surface area contributed by atoms with Gasteiger partial charge in [-0.05, 0) is 19.1 Å². The number of nitrogens with zero attached hydrogens (tertiary/aromatic N) is 2. The number of aromatic nitrogens is 2. The Labute approximate surface area is 98.3 Å². The number of anilines is 1. The molecule has 0 amide bonds. The number of halogens is 1. The zero-order valence-electron chi connectivity index (χ0n) is 9.57. The number of nitrogens with two attached hydrogens (primary N) is 1. The Kier molecular flexibility index (Phi) is 2.91. The van der Waals surface area contributed by atoms with Crippen LogP contribution in [0.25, 0.3) is 11.3 Å². The van der Waals surface area contributed by atoms with E-state index >= 15 is 0 Å². The van der Waals surface area contributed by atoms with Crippen LogP contribution >= 0.6 is 0 Å². The van der Waals surface area contributed by atoms with E-state index in [2.05, 4.69) is 9.97 Å². The molecule has 2 rings (SSSR count). The minimum absolute atomic E-state index is 0.178. The van der Waals surface area contributed by atoms with Crippen molar-refractivity contribution in [3.05, 3.63) is 35.9 Å². The molecule has 2 N–H and O–H groups in total. The van der Waals surface area contributed by atoms with Crippen molar-refractivity contribution in [3.63, 3.8) is 0 Å². The van der Waals surface area contributed by atoms with Crippen molar-refractivity contribution in [2.24, 2.45) is 0 Å². The Morgan fingerprint density at radius 3 is 2.71 bits per heavy atom. The second-order valence-electron chi connectivity index (χ2n) is 3.55. The average Bonchev–Trinajstić information content (AvgIpc) is 2.28. The van der Waals surface area contributed by atoms with E-state index in [1.807, 2.05) is 0 Å². The molecule has 2 aromatic rings. The van der Waals surface area contributed by atoms with Crippen LogP contribution in [-0.2, 0) is 0 Å². The predicted octanol–water partition coefficient (Wildman–Crippen LogP) is 2.18. The van der Waals surface area contributed by atoms with Gasteiger partial charge in [-0.25, -0.2) is 14.4 Å². The van der Waals surface area contributed by atoms with Crippen molar-refractivity contribution in [3.8, 4) is 17.0 Å². The molecule has 1 aromatic carbocycles. The van der Waals surface area contributed by atoms with Crippen LogP contribution in [0.1, 0.15) is 5.82 Å². The minimum Gasteiger partial charge on any atom is -0.494 e. The lowest BCUT2D eigenvalue weighted by molar-refractivity contribution is 0.387. The van der Waals surface area contributed by atoms with Gasteiger partial charge in [-0.2, -0.15) is 0 Å². The number of aryl methyl sites for hydroxylation is 1. The lowest BCUT2D eigenvalue weighted by Crippen LogP contribution is -1.99. The highest BCUT2D eigenvalue weighted by molar-refractivity contribution is 5.64. The van der Waals surface area contributed by atoms with Gasteiger partial charge in [-0.3, -0.25) is 0 Å². The molecule has 0 aliphatic rings. The van der Waals surface area contributed by atoms with Crippen LogP contribution in [0.15, 0.2) is 24.3 Å². The monoisotopic (exact) mass is 233 g/mol. The molecule has 0 spiro atoms. The minimum atomic E-state index is -0.451. The smallest absolute Gasteiger partial charge is 0.174 e. The first-order valence-corrected chi connectivity index (χ1v) is 5.06. The number of methoxy groups -OCH3 is 1. The summed E-state index contributed by atoms with van der Waals surface area (Å²) in [4.78, 5) is 8.10. The number of hydrogen-bond donors (Lipinski definition) is 1. The summed E-state index contributed by atoms with van der Waals surface area (Å²) in [6, 6.07) is 6.41. The Bertz CT molecular complexity index is 537. The second-order valence-corrected chi connectivity index (χ2v) is 3.55. The van der Waals surface area contributed by atoms with Gasteiger partial charge in [0.25, 0.3) is 0 Å². The van der Waals surface area contributed by atoms with Crippen molar-refractivity contribution in [2.45, 2.75) is 6.92 Å². The number of ether oxygens (including phenoxy) is 1. The SMILES string of the molecule is COc1cccc(-c2cc(N)nc(C)n2)c1F. The van der Waals surface area contributed by atoms with E-state index in [4.69, 9.17) is 10.5 Å². The lowest BCUT2D eigenvalue weighted by Gasteiger charge is -2.07. The predicted molar refractivity (Wildman–Crippen MR) is 63.1 cm³/mol. The van der Waals surface area contributed by atoms with Crippen LogP contribution in [0.5, 0.6) is 5.75 Å². The van der Waals surface area contributed by atoms with Crippen molar-refractivity contribution < 1.29 is 9.13 Å². The highest BCUT2D eigenvalue weighted by atomic mass is 19.1. The largest absolute Gasteiger partial charge is 0.494 e. The van der Waals surface area contributed by atoms with Crippen molar-refractivity contribution in [2.75, 3.05) is 12.8 Å². The van der Waals surface area contributed by atoms with Gasteiger partial charge in [0.15, 0.2) is 11.6 Å². The molecule has 17 heavy (non-hydrogen) atoms. The van der Waals surface area contributed by atoms with Gasteiger partial charge in [0.1, 0.15) is 11.6 Å². The standard InChI is InChI=1S/C12H12FN3O/c1-7-15-9(6-11(14)16-7)8-4-3-5-10(17-2)12(8)13/h3-6H,1-2H3,(H2,14,15,16). The van der Waals surface area contributed by atoms with Crippen molar-refractivity contribution >= 4 is 5.82 Å². The summed E-state index contributed by atoms with van der Waals surface area (Å²) in [6.07, 6.45) is 0. The van der Waals surface area contributed by atoms with Crippen LogP contribution in [0, 0.1) is 12.7 Å². The molecule has 0 unspecified atom stereocenters. The van der Waals surface area contributed by atoms with Gasteiger partial charge >= 0.3 is 0 Å². The highest BCUT2D eigenvalue weighted by Crippen LogP contribution is 2.28. The van der Waals surface area contributed by atoms with Crippen LogP contribution < -0.4 is 10.5 Å². The van der Waals surface area contributed by atoms with E-state index in [0.29, 0.717) is 22.9 Å². The van der Waals surface area contributed by atoms with Crippen LogP contribution in [0.2, 0.25) is 0 Å². The zero-order chi connectivity index (χ0) is 12.4. The van der Waals surface area contributed by atoms with E-state index in [0.717, 1.165) is 0 Å². The summed E-state index contributed by atoms with van der Waals surface area (Å²) >= 11 is 0. The Morgan fingerprint density at radius 1 is 1.29 bits per heavy atom. The van der Waals surface area contributed by atoms with Crippen LogP contribution in [0.4, 0.5) is 10.2 Å². The quantitative estimate of drug-likeness (QED) is 0.863. The lowest BCUT2D eigenvalue weighted by atomic mass is 10.1. The molecule has 0 radical (unpaired) electrons. The molecule has 0 saturated heterocycles. The fourth-order valence-corrected chi connectivity index (χ4v) is 1.60. The normalized spacial score (nSPS) is 10.3. The molecule has 1 aromatic heterocycles. The van der Waals surface area contributed by atoms with Gasteiger partial charge in [-0.15, -0.1) is 0 Å². The maximum atomic E-state index is 14.0. The summed E-state index contributed by atoms with van der Waals surface area (Å²) in [7, 11) is 1.42. The van der Waals surface area contributed by atoms with Gasteiger partial charge in [0, 0.05) is 11.6 Å². The van der Waals surface area contributed by atoms with Gasteiger partial charge in [0.2, 0.25) is 0 Å². The molecule has 0 bridgehead atoms. The van der Waals surface area contributed by atoms with Crippen molar-refractivity contribution in [1.29, 1.82) is 0 Å². The van der Waals surface area contributed by atoms with Gasteiger partial charge in [0.05, 0.1) is 12.8 Å². The van der Waals surface area contributed by atoms with E-state index in [-0.39, 0.29) is 5.75 Å². The fraction of sp³-hybridized carbons (Fsp3) is 0.167. The number of benzene rings is 1. The summed E-state index contributed by atoms with van der Waals surface area (Å²) in [5.41, 5.74) is 6.41. The van der Waals surface area contributed by atoms with E-state index in [1.165, 1.54) is 13.2 Å². The molecule has 0 fully saturated rings. The Balaban J connectivity index is 2.60. The molecule has 4 nitrogen and oxygen atoms in total. The molecule has 88 valence electrons. The molecule has 5 heteroatoms. The first-order valence-electron chi connectivity index (χ1n) is 5.06. The third kappa shape index (κ3) is 2.18. The number of nitrogen functional groups attached to an aromatic ring is 1. The Hall–Kier alpha value is -2.17. The van der Waals surface area contributed by atoms with E-state index < -0.39 is 5.82 Å². The summed E-state index contributed by atoms with van der Waals surface area (Å²) in [6.45, 7) is 1.71. The third-order valence-corrected chi connectivity index (χ3v) is 2.32. The third-order valence-electron chi connectivity index (χ3n) is 2.32. The topological polar surface area (TPSA) is 61.0 Å². The molecule has 0 aliphatic carbocycles. The van der Waals surface area contributed by atoms with Crippen LogP contribution in [0.3, 0.4) is 0 Å². The molecular weight excluding hydrogens is 221 g/mol. The van der Waals surface area contributed by atoms with Crippen LogP contribution in [-0.4, -0.2) is 17.1 Å². The number of rotatable bonds is 2. The van der Waals surface area contributed by atoms with E-state index in [9.17, 15) is 4.39 Å². The Morgan fingerprint density at radius 2 is 2.06 bits per heavy atom. The maximum Gasteiger partial charge on any atom is 0.174 e. The van der Waals surface area contributed by atoms with Gasteiger partial charge < -0.3 is 10.5 Å². The molecule has 0 aliphatic heterocycles. The van der Waals surface area contributed by atoms with Gasteiger partial charge in [-0.1, -0.05) is 6.07 Å². The molecule has 0 saturated carbocycles. The second kappa shape index (κ2) is 4.37. The maximum absolute atomic E-state index is 14.0. The number of hydrogen-bond acceptors (Lipinski definition) is 4. The van der Waals surface area contributed by atoms with Crippen molar-refractivity contribution in [1.82, 2.24) is 9.97 Å². The molecule has 1 heterocycles. The molecular formula is C12H12FN3O. The molecule has 0 atom stereocenters. The first kappa shape index (κ1) is 11.3. The summed E-state index contributed by atoms with van der Waals surface area (Å²) in [5.74, 6) is 0.543.